The van der Waals surface area contributed by atoms with E-state index in [1.54, 1.807) is 14.2 Å². The number of hydrogen-bond donors (Lipinski definition) is 3. The number of nitrogens with one attached hydrogen (secondary N) is 2. The molecule has 0 aliphatic carbocycles. The number of carbonyl (C=O) groups excluding carboxylic acids is 1. The Kier molecular flexibility index (Phi) is 6.84. The minimum absolute atomic E-state index is 0.0457. The zero-order valence-corrected chi connectivity index (χ0v) is 14.7. The zero-order chi connectivity index (χ0) is 18.9. The molecular weight excluding hydrogens is 336 g/mol. The van der Waals surface area contributed by atoms with Crippen LogP contribution in [0.4, 0.5) is 4.79 Å². The van der Waals surface area contributed by atoms with Gasteiger partial charge in [-0.1, -0.05) is 24.3 Å². The molecule has 2 aromatic rings. The maximum atomic E-state index is 12.2. The van der Waals surface area contributed by atoms with E-state index in [1.807, 2.05) is 48.5 Å². The summed E-state index contributed by atoms with van der Waals surface area (Å²) < 4.78 is 10.5. The van der Waals surface area contributed by atoms with E-state index in [-0.39, 0.29) is 13.0 Å². The zero-order valence-electron chi connectivity index (χ0n) is 14.7. The van der Waals surface area contributed by atoms with Gasteiger partial charge in [0.15, 0.2) is 0 Å². The number of amides is 2. The monoisotopic (exact) mass is 358 g/mol. The summed E-state index contributed by atoms with van der Waals surface area (Å²) in [6.07, 6.45) is -0.142. The van der Waals surface area contributed by atoms with Gasteiger partial charge in [0, 0.05) is 6.54 Å². The van der Waals surface area contributed by atoms with Crippen molar-refractivity contribution in [2.75, 3.05) is 20.8 Å². The Hall–Kier alpha value is -3.22. The van der Waals surface area contributed by atoms with Gasteiger partial charge in [-0.05, 0) is 35.4 Å². The molecule has 2 amide bonds. The molecular formula is C19H22N2O5. The molecule has 2 aromatic carbocycles. The van der Waals surface area contributed by atoms with Gasteiger partial charge in [0.25, 0.3) is 0 Å². The Morgan fingerprint density at radius 2 is 1.54 bits per heavy atom. The predicted molar refractivity (Wildman–Crippen MR) is 96.6 cm³/mol. The molecule has 0 spiro atoms. The molecule has 0 radical (unpaired) electrons. The molecule has 0 saturated carbocycles. The fourth-order valence-corrected chi connectivity index (χ4v) is 2.47. The third kappa shape index (κ3) is 5.41. The number of urea groups is 1. The summed E-state index contributed by atoms with van der Waals surface area (Å²) in [5.74, 6) is 0.370. The average Bonchev–Trinajstić information content (AvgIpc) is 2.66. The normalized spacial score (nSPS) is 10.3. The highest BCUT2D eigenvalue weighted by molar-refractivity contribution is 5.76. The van der Waals surface area contributed by atoms with Gasteiger partial charge in [-0.15, -0.1) is 0 Å². The molecule has 0 aromatic heterocycles. The molecule has 7 nitrogen and oxygen atoms in total. The number of ether oxygens (including phenoxy) is 2. The van der Waals surface area contributed by atoms with Crippen molar-refractivity contribution in [3.63, 3.8) is 0 Å². The van der Waals surface area contributed by atoms with Crippen LogP contribution in [0, 0.1) is 0 Å². The van der Waals surface area contributed by atoms with Gasteiger partial charge < -0.3 is 25.2 Å². The van der Waals surface area contributed by atoms with Crippen LogP contribution < -0.4 is 20.1 Å². The molecule has 138 valence electrons. The van der Waals surface area contributed by atoms with Crippen molar-refractivity contribution < 1.29 is 24.2 Å². The maximum absolute atomic E-state index is 12.2. The van der Waals surface area contributed by atoms with E-state index in [1.165, 1.54) is 0 Å². The molecule has 2 rings (SSSR count). The first-order valence-electron chi connectivity index (χ1n) is 8.07. The van der Waals surface area contributed by atoms with Crippen LogP contribution in [0.2, 0.25) is 0 Å². The van der Waals surface area contributed by atoms with Crippen LogP contribution in [0.25, 0.3) is 0 Å². The molecule has 0 saturated heterocycles. The van der Waals surface area contributed by atoms with Crippen molar-refractivity contribution in [2.24, 2.45) is 0 Å². The first-order chi connectivity index (χ1) is 12.5. The van der Waals surface area contributed by atoms with Crippen molar-refractivity contribution >= 4 is 12.0 Å². The lowest BCUT2D eigenvalue weighted by atomic mass is 9.98. The molecule has 0 bridgehead atoms. The first-order valence-corrected chi connectivity index (χ1v) is 8.07. The smallest absolute Gasteiger partial charge is 0.315 e. The fraction of sp³-hybridized carbons (Fsp3) is 0.263. The minimum atomic E-state index is -0.970. The lowest BCUT2D eigenvalue weighted by Crippen LogP contribution is -2.39. The summed E-state index contributed by atoms with van der Waals surface area (Å²) in [7, 11) is 3.15. The van der Waals surface area contributed by atoms with Crippen molar-refractivity contribution in [2.45, 2.75) is 12.5 Å². The molecule has 0 unspecified atom stereocenters. The van der Waals surface area contributed by atoms with E-state index in [4.69, 9.17) is 14.6 Å². The van der Waals surface area contributed by atoms with Crippen LogP contribution in [0.1, 0.15) is 23.6 Å². The van der Waals surface area contributed by atoms with Gasteiger partial charge in [0.2, 0.25) is 0 Å². The fourth-order valence-electron chi connectivity index (χ4n) is 2.47. The Morgan fingerprint density at radius 1 is 1.00 bits per heavy atom. The van der Waals surface area contributed by atoms with Gasteiger partial charge in [-0.3, -0.25) is 4.79 Å². The Labute approximate surface area is 151 Å². The topological polar surface area (TPSA) is 96.9 Å². The second-order valence-corrected chi connectivity index (χ2v) is 5.53. The number of aliphatic carboxylic acids is 1. The van der Waals surface area contributed by atoms with Crippen molar-refractivity contribution in [3.8, 4) is 11.5 Å². The van der Waals surface area contributed by atoms with Gasteiger partial charge >= 0.3 is 12.0 Å². The third-order valence-electron chi connectivity index (χ3n) is 3.75. The molecule has 0 atom stereocenters. The maximum Gasteiger partial charge on any atom is 0.315 e. The highest BCUT2D eigenvalue weighted by Gasteiger charge is 2.18. The summed E-state index contributed by atoms with van der Waals surface area (Å²) in [5, 5.41) is 14.1. The van der Waals surface area contributed by atoms with Crippen LogP contribution in [0.3, 0.4) is 0 Å². The Morgan fingerprint density at radius 3 is 2.00 bits per heavy atom. The number of carboxylic acids is 1. The number of rotatable bonds is 8. The second-order valence-electron chi connectivity index (χ2n) is 5.53. The number of carboxylic acid groups (broad SMARTS) is 1. The van der Waals surface area contributed by atoms with Gasteiger partial charge in [0.05, 0.1) is 26.7 Å². The largest absolute Gasteiger partial charge is 0.497 e. The quantitative estimate of drug-likeness (QED) is 0.674. The number of methoxy groups -OCH3 is 2. The van der Waals surface area contributed by atoms with Gasteiger partial charge in [-0.25, -0.2) is 4.79 Å². The molecule has 26 heavy (non-hydrogen) atoms. The summed E-state index contributed by atoms with van der Waals surface area (Å²) in [5.41, 5.74) is 1.65. The van der Waals surface area contributed by atoms with E-state index in [9.17, 15) is 9.59 Å². The number of hydrogen-bond acceptors (Lipinski definition) is 4. The van der Waals surface area contributed by atoms with Crippen molar-refractivity contribution in [1.82, 2.24) is 10.6 Å². The van der Waals surface area contributed by atoms with E-state index >= 15 is 0 Å². The van der Waals surface area contributed by atoms with Gasteiger partial charge in [-0.2, -0.15) is 0 Å². The van der Waals surface area contributed by atoms with E-state index in [2.05, 4.69) is 10.6 Å². The summed E-state index contributed by atoms with van der Waals surface area (Å²) in [4.78, 5) is 22.8. The predicted octanol–water partition coefficient (Wildman–Crippen LogP) is 2.57. The first kappa shape index (κ1) is 19.1. The SMILES string of the molecule is COc1cccc(C(NC(=O)NCCC(=O)O)c2cccc(OC)c2)c1. The summed E-state index contributed by atoms with van der Waals surface area (Å²) in [6, 6.07) is 13.8. The summed E-state index contributed by atoms with van der Waals surface area (Å²) >= 11 is 0. The van der Waals surface area contributed by atoms with Crippen LogP contribution >= 0.6 is 0 Å². The average molecular weight is 358 g/mol. The van der Waals surface area contributed by atoms with Crippen LogP contribution in [0.15, 0.2) is 48.5 Å². The highest BCUT2D eigenvalue weighted by Crippen LogP contribution is 2.27. The standard InChI is InChI=1S/C19H22N2O5/c1-25-15-7-3-5-13(11-15)18(14-6-4-8-16(12-14)26-2)21-19(24)20-10-9-17(22)23/h3-8,11-12,18H,9-10H2,1-2H3,(H,22,23)(H2,20,21,24). The van der Waals surface area contributed by atoms with Crippen molar-refractivity contribution in [1.29, 1.82) is 0 Å². The van der Waals surface area contributed by atoms with Gasteiger partial charge in [0.1, 0.15) is 11.5 Å². The molecule has 7 heteroatoms. The Balaban J connectivity index is 2.26. The van der Waals surface area contributed by atoms with Crippen LogP contribution in [0.5, 0.6) is 11.5 Å². The lowest BCUT2D eigenvalue weighted by Gasteiger charge is -2.21. The molecule has 0 fully saturated rings. The van der Waals surface area contributed by atoms with Crippen molar-refractivity contribution in [3.05, 3.63) is 59.7 Å². The van der Waals surface area contributed by atoms with Crippen LogP contribution in [-0.4, -0.2) is 37.9 Å². The molecule has 3 N–H and O–H groups in total. The minimum Gasteiger partial charge on any atom is -0.497 e. The highest BCUT2D eigenvalue weighted by atomic mass is 16.5. The second kappa shape index (κ2) is 9.31. The third-order valence-corrected chi connectivity index (χ3v) is 3.75. The number of benzene rings is 2. The van der Waals surface area contributed by atoms with E-state index in [0.717, 1.165) is 11.1 Å². The van der Waals surface area contributed by atoms with Crippen LogP contribution in [-0.2, 0) is 4.79 Å². The molecule has 0 aliphatic heterocycles. The molecule has 0 heterocycles. The Bertz CT molecular complexity index is 716. The van der Waals surface area contributed by atoms with E-state index in [0.29, 0.717) is 11.5 Å². The lowest BCUT2D eigenvalue weighted by molar-refractivity contribution is -0.136. The summed E-state index contributed by atoms with van der Waals surface area (Å²) in [6.45, 7) is 0.0457. The van der Waals surface area contributed by atoms with E-state index < -0.39 is 18.0 Å². The molecule has 0 aliphatic rings. The number of carbonyl (C=O) groups is 2.